The van der Waals surface area contributed by atoms with Crippen molar-refractivity contribution in [3.63, 3.8) is 0 Å². The van der Waals surface area contributed by atoms with Crippen LogP contribution >= 0.6 is 27.3 Å². The summed E-state index contributed by atoms with van der Waals surface area (Å²) < 4.78 is 11.6. The molecule has 0 unspecified atom stereocenters. The monoisotopic (exact) mass is 327 g/mol. The Kier molecular flexibility index (Phi) is 4.49. The van der Waals surface area contributed by atoms with Gasteiger partial charge in [0, 0.05) is 27.3 Å². The molecular formula is C13H14BrNO2S. The molecule has 0 spiro atoms. The van der Waals surface area contributed by atoms with Crippen LogP contribution in [0.3, 0.4) is 0 Å². The second-order valence-electron chi connectivity index (χ2n) is 3.65. The number of anilines is 1. The SMILES string of the molecule is COc1ccc(OC)c(NCc2cc(Br)cs2)c1. The Balaban J connectivity index is 2.11. The first kappa shape index (κ1) is 13.2. The van der Waals surface area contributed by atoms with Gasteiger partial charge in [-0.2, -0.15) is 0 Å². The predicted octanol–water partition coefficient (Wildman–Crippen LogP) is 4.14. The number of methoxy groups -OCH3 is 2. The molecule has 5 heteroatoms. The highest BCUT2D eigenvalue weighted by Crippen LogP contribution is 2.30. The highest BCUT2D eigenvalue weighted by atomic mass is 79.9. The van der Waals surface area contributed by atoms with Crippen molar-refractivity contribution < 1.29 is 9.47 Å². The maximum atomic E-state index is 5.31. The zero-order chi connectivity index (χ0) is 13.0. The zero-order valence-electron chi connectivity index (χ0n) is 10.2. The van der Waals surface area contributed by atoms with E-state index in [2.05, 4.69) is 32.7 Å². The fourth-order valence-corrected chi connectivity index (χ4v) is 2.97. The normalized spacial score (nSPS) is 10.2. The minimum absolute atomic E-state index is 0.764. The fourth-order valence-electron chi connectivity index (χ4n) is 1.58. The van der Waals surface area contributed by atoms with Crippen LogP contribution in [0.25, 0.3) is 0 Å². The minimum atomic E-state index is 0.764. The first-order valence-electron chi connectivity index (χ1n) is 5.41. The number of nitrogens with one attached hydrogen (secondary N) is 1. The Bertz CT molecular complexity index is 527. The van der Waals surface area contributed by atoms with E-state index in [0.717, 1.165) is 28.2 Å². The van der Waals surface area contributed by atoms with Crippen molar-refractivity contribution >= 4 is 33.0 Å². The Labute approximate surface area is 119 Å². The summed E-state index contributed by atoms with van der Waals surface area (Å²) in [4.78, 5) is 1.26. The average molecular weight is 328 g/mol. The molecule has 96 valence electrons. The minimum Gasteiger partial charge on any atom is -0.497 e. The van der Waals surface area contributed by atoms with Gasteiger partial charge in [-0.05, 0) is 34.1 Å². The van der Waals surface area contributed by atoms with E-state index in [1.807, 2.05) is 18.2 Å². The van der Waals surface area contributed by atoms with Crippen LogP contribution < -0.4 is 14.8 Å². The maximum Gasteiger partial charge on any atom is 0.142 e. The number of rotatable bonds is 5. The molecule has 0 amide bonds. The van der Waals surface area contributed by atoms with Gasteiger partial charge >= 0.3 is 0 Å². The van der Waals surface area contributed by atoms with Gasteiger partial charge in [0.25, 0.3) is 0 Å². The Hall–Kier alpha value is -1.20. The van der Waals surface area contributed by atoms with E-state index in [-0.39, 0.29) is 0 Å². The van der Waals surface area contributed by atoms with Crippen molar-refractivity contribution in [2.45, 2.75) is 6.54 Å². The second-order valence-corrected chi connectivity index (χ2v) is 5.56. The molecule has 0 fully saturated rings. The largest absolute Gasteiger partial charge is 0.497 e. The zero-order valence-corrected chi connectivity index (χ0v) is 12.6. The number of hydrogen-bond donors (Lipinski definition) is 1. The van der Waals surface area contributed by atoms with E-state index in [1.54, 1.807) is 25.6 Å². The molecule has 0 aliphatic rings. The topological polar surface area (TPSA) is 30.5 Å². The van der Waals surface area contributed by atoms with Crippen LogP contribution in [-0.4, -0.2) is 14.2 Å². The van der Waals surface area contributed by atoms with Gasteiger partial charge in [-0.3, -0.25) is 0 Å². The van der Waals surface area contributed by atoms with E-state index in [1.165, 1.54) is 4.88 Å². The number of ether oxygens (including phenoxy) is 2. The molecule has 1 aromatic carbocycles. The molecule has 18 heavy (non-hydrogen) atoms. The van der Waals surface area contributed by atoms with Gasteiger partial charge in [0.15, 0.2) is 0 Å². The molecule has 0 bridgehead atoms. The first-order valence-corrected chi connectivity index (χ1v) is 7.09. The van der Waals surface area contributed by atoms with Gasteiger partial charge in [0.05, 0.1) is 19.9 Å². The maximum absolute atomic E-state index is 5.31. The molecule has 2 aromatic rings. The molecule has 0 aliphatic carbocycles. The van der Waals surface area contributed by atoms with Crippen LogP contribution in [0.15, 0.2) is 34.1 Å². The number of thiophene rings is 1. The molecule has 0 saturated heterocycles. The fraction of sp³-hybridized carbons (Fsp3) is 0.231. The Morgan fingerprint density at radius 1 is 1.22 bits per heavy atom. The molecule has 0 saturated carbocycles. The van der Waals surface area contributed by atoms with Gasteiger partial charge in [-0.1, -0.05) is 0 Å². The summed E-state index contributed by atoms with van der Waals surface area (Å²) in [5.74, 6) is 1.62. The molecule has 1 aromatic heterocycles. The van der Waals surface area contributed by atoms with Gasteiger partial charge in [-0.25, -0.2) is 0 Å². The van der Waals surface area contributed by atoms with Crippen molar-refractivity contribution in [3.05, 3.63) is 39.0 Å². The molecule has 3 nitrogen and oxygen atoms in total. The summed E-state index contributed by atoms with van der Waals surface area (Å²) in [6.45, 7) is 0.764. The van der Waals surface area contributed by atoms with E-state index < -0.39 is 0 Å². The van der Waals surface area contributed by atoms with E-state index >= 15 is 0 Å². The second kappa shape index (κ2) is 6.11. The van der Waals surface area contributed by atoms with Crippen molar-refractivity contribution in [2.75, 3.05) is 19.5 Å². The van der Waals surface area contributed by atoms with E-state index in [4.69, 9.17) is 9.47 Å². The lowest BCUT2D eigenvalue weighted by molar-refractivity contribution is 0.404. The first-order chi connectivity index (χ1) is 8.72. The van der Waals surface area contributed by atoms with Crippen LogP contribution in [0, 0.1) is 0 Å². The highest BCUT2D eigenvalue weighted by Gasteiger charge is 2.05. The van der Waals surface area contributed by atoms with Crippen molar-refractivity contribution in [3.8, 4) is 11.5 Å². The Morgan fingerprint density at radius 3 is 2.67 bits per heavy atom. The summed E-state index contributed by atoms with van der Waals surface area (Å²) in [5.41, 5.74) is 0.932. The predicted molar refractivity (Wildman–Crippen MR) is 78.9 cm³/mol. The van der Waals surface area contributed by atoms with Gasteiger partial charge < -0.3 is 14.8 Å². The van der Waals surface area contributed by atoms with Crippen LogP contribution in [0.2, 0.25) is 0 Å². The lowest BCUT2D eigenvalue weighted by atomic mass is 10.2. The van der Waals surface area contributed by atoms with Gasteiger partial charge in [0.2, 0.25) is 0 Å². The number of benzene rings is 1. The smallest absolute Gasteiger partial charge is 0.142 e. The summed E-state index contributed by atoms with van der Waals surface area (Å²) in [6.07, 6.45) is 0. The molecule has 0 radical (unpaired) electrons. The standard InChI is InChI=1S/C13H14BrNO2S/c1-16-10-3-4-13(17-2)12(6-10)15-7-11-5-9(14)8-18-11/h3-6,8,15H,7H2,1-2H3. The molecule has 0 atom stereocenters. The van der Waals surface area contributed by atoms with E-state index in [0.29, 0.717) is 0 Å². The summed E-state index contributed by atoms with van der Waals surface area (Å²) in [6, 6.07) is 7.81. The van der Waals surface area contributed by atoms with Crippen molar-refractivity contribution in [1.29, 1.82) is 0 Å². The Morgan fingerprint density at radius 2 is 2.06 bits per heavy atom. The number of halogens is 1. The third kappa shape index (κ3) is 3.17. The lowest BCUT2D eigenvalue weighted by Gasteiger charge is -2.11. The van der Waals surface area contributed by atoms with Gasteiger partial charge in [-0.15, -0.1) is 11.3 Å². The van der Waals surface area contributed by atoms with Crippen LogP contribution in [-0.2, 0) is 6.54 Å². The molecule has 1 N–H and O–H groups in total. The molecule has 1 heterocycles. The number of hydrogen-bond acceptors (Lipinski definition) is 4. The van der Waals surface area contributed by atoms with Crippen LogP contribution in [0.5, 0.6) is 11.5 Å². The highest BCUT2D eigenvalue weighted by molar-refractivity contribution is 9.10. The molecule has 0 aliphatic heterocycles. The third-order valence-electron chi connectivity index (χ3n) is 2.48. The van der Waals surface area contributed by atoms with Crippen molar-refractivity contribution in [2.24, 2.45) is 0 Å². The molecular weight excluding hydrogens is 314 g/mol. The van der Waals surface area contributed by atoms with Crippen molar-refractivity contribution in [1.82, 2.24) is 0 Å². The quantitative estimate of drug-likeness (QED) is 0.895. The third-order valence-corrected chi connectivity index (χ3v) is 4.18. The van der Waals surface area contributed by atoms with E-state index in [9.17, 15) is 0 Å². The molecule has 2 rings (SSSR count). The van der Waals surface area contributed by atoms with Crippen LogP contribution in [0.1, 0.15) is 4.88 Å². The lowest BCUT2D eigenvalue weighted by Crippen LogP contribution is -2.00. The summed E-state index contributed by atoms with van der Waals surface area (Å²) >= 11 is 5.16. The van der Waals surface area contributed by atoms with Crippen LogP contribution in [0.4, 0.5) is 5.69 Å². The summed E-state index contributed by atoms with van der Waals surface area (Å²) in [5, 5.41) is 5.42. The summed E-state index contributed by atoms with van der Waals surface area (Å²) in [7, 11) is 3.32. The average Bonchev–Trinajstić information content (AvgIpc) is 2.81. The van der Waals surface area contributed by atoms with Gasteiger partial charge in [0.1, 0.15) is 11.5 Å².